The van der Waals surface area contributed by atoms with Crippen LogP contribution in [0.4, 0.5) is 0 Å². The zero-order valence-corrected chi connectivity index (χ0v) is 12.4. The van der Waals surface area contributed by atoms with Crippen LogP contribution in [0.2, 0.25) is 0 Å². The number of hydrogen-bond acceptors (Lipinski definition) is 1. The molecule has 2 rings (SSSR count). The first-order valence-electron chi connectivity index (χ1n) is 7.54. The molecule has 0 fully saturated rings. The van der Waals surface area contributed by atoms with Gasteiger partial charge in [-0.1, -0.05) is 17.7 Å². The fraction of sp³-hybridized carbons (Fsp3) is 0.688. The zero-order valence-electron chi connectivity index (χ0n) is 11.7. The molecule has 0 unspecified atom stereocenters. The van der Waals surface area contributed by atoms with Crippen LogP contribution in [0.3, 0.4) is 0 Å². The molecule has 2 aliphatic carbocycles. The normalized spacial score (nSPS) is 19.6. The lowest BCUT2D eigenvalue weighted by Gasteiger charge is -2.28. The Labute approximate surface area is 121 Å². The highest BCUT2D eigenvalue weighted by Crippen LogP contribution is 2.24. The fourth-order valence-electron chi connectivity index (χ4n) is 2.95. The summed E-state index contributed by atoms with van der Waals surface area (Å²) < 4.78 is 0. The van der Waals surface area contributed by atoms with Crippen molar-refractivity contribution in [2.24, 2.45) is 0 Å². The van der Waals surface area contributed by atoms with E-state index in [4.69, 9.17) is 11.6 Å². The number of amides is 1. The Morgan fingerprint density at radius 1 is 1.11 bits per heavy atom. The zero-order chi connectivity index (χ0) is 13.5. The summed E-state index contributed by atoms with van der Waals surface area (Å²) in [7, 11) is 0. The highest BCUT2D eigenvalue weighted by atomic mass is 35.5. The Morgan fingerprint density at radius 3 is 2.42 bits per heavy atom. The number of alkyl halides is 1. The standard InChI is InChI=1S/C16H24ClNO/c17-13-16(19)18(15-9-5-2-6-10-15)12-11-14-7-3-1-4-8-14/h7,9H,1-6,8,10-13H2. The van der Waals surface area contributed by atoms with Crippen LogP contribution in [0.15, 0.2) is 23.4 Å². The molecule has 0 bridgehead atoms. The van der Waals surface area contributed by atoms with Crippen LogP contribution in [0.5, 0.6) is 0 Å². The van der Waals surface area contributed by atoms with E-state index < -0.39 is 0 Å². The molecule has 0 atom stereocenters. The predicted octanol–water partition coefficient (Wildman–Crippen LogP) is 4.40. The molecule has 2 aliphatic rings. The summed E-state index contributed by atoms with van der Waals surface area (Å²) in [5, 5.41) is 0. The summed E-state index contributed by atoms with van der Waals surface area (Å²) in [6.07, 6.45) is 15.2. The molecule has 3 heteroatoms. The van der Waals surface area contributed by atoms with Crippen LogP contribution in [-0.2, 0) is 4.79 Å². The number of hydrogen-bond donors (Lipinski definition) is 0. The van der Waals surface area contributed by atoms with Gasteiger partial charge in [-0.25, -0.2) is 0 Å². The van der Waals surface area contributed by atoms with Gasteiger partial charge in [0, 0.05) is 12.2 Å². The summed E-state index contributed by atoms with van der Waals surface area (Å²) in [4.78, 5) is 13.9. The van der Waals surface area contributed by atoms with Crippen molar-refractivity contribution in [3.05, 3.63) is 23.4 Å². The maximum atomic E-state index is 12.0. The van der Waals surface area contributed by atoms with E-state index in [0.717, 1.165) is 25.8 Å². The molecule has 0 radical (unpaired) electrons. The molecule has 1 amide bonds. The van der Waals surface area contributed by atoms with Crippen molar-refractivity contribution >= 4 is 17.5 Å². The van der Waals surface area contributed by atoms with E-state index >= 15 is 0 Å². The summed E-state index contributed by atoms with van der Waals surface area (Å²) >= 11 is 5.75. The molecule has 106 valence electrons. The van der Waals surface area contributed by atoms with Gasteiger partial charge in [0.1, 0.15) is 5.88 Å². The highest BCUT2D eigenvalue weighted by Gasteiger charge is 2.19. The molecule has 0 spiro atoms. The van der Waals surface area contributed by atoms with Gasteiger partial charge in [-0.15, -0.1) is 11.6 Å². The average Bonchev–Trinajstić information content (AvgIpc) is 2.49. The Morgan fingerprint density at radius 2 is 1.84 bits per heavy atom. The quantitative estimate of drug-likeness (QED) is 0.540. The third-order valence-electron chi connectivity index (χ3n) is 4.07. The number of carbonyl (C=O) groups is 1. The molecule has 0 aliphatic heterocycles. The first-order valence-corrected chi connectivity index (χ1v) is 8.08. The van der Waals surface area contributed by atoms with Crippen molar-refractivity contribution in [3.63, 3.8) is 0 Å². The van der Waals surface area contributed by atoms with E-state index in [1.54, 1.807) is 0 Å². The number of rotatable bonds is 5. The lowest BCUT2D eigenvalue weighted by Crippen LogP contribution is -2.33. The second-order valence-electron chi connectivity index (χ2n) is 5.48. The van der Waals surface area contributed by atoms with E-state index in [-0.39, 0.29) is 11.8 Å². The Kier molecular flexibility index (Phi) is 5.96. The van der Waals surface area contributed by atoms with E-state index in [9.17, 15) is 4.79 Å². The van der Waals surface area contributed by atoms with E-state index in [2.05, 4.69) is 12.2 Å². The second kappa shape index (κ2) is 7.74. The SMILES string of the molecule is O=C(CCl)N(CCC1=CCCCC1)C1=CCCCC1. The van der Waals surface area contributed by atoms with Crippen molar-refractivity contribution in [1.29, 1.82) is 0 Å². The fourth-order valence-corrected chi connectivity index (χ4v) is 3.10. The number of nitrogens with zero attached hydrogens (tertiary/aromatic N) is 1. The number of carbonyl (C=O) groups excluding carboxylic acids is 1. The minimum absolute atomic E-state index is 0.0613. The average molecular weight is 282 g/mol. The molecule has 0 aromatic heterocycles. The van der Waals surface area contributed by atoms with Crippen molar-refractivity contribution in [3.8, 4) is 0 Å². The first kappa shape index (κ1) is 14.6. The van der Waals surface area contributed by atoms with E-state index in [1.165, 1.54) is 49.8 Å². The van der Waals surface area contributed by atoms with E-state index in [0.29, 0.717) is 0 Å². The topological polar surface area (TPSA) is 20.3 Å². The summed E-state index contributed by atoms with van der Waals surface area (Å²) in [6, 6.07) is 0. The van der Waals surface area contributed by atoms with Crippen molar-refractivity contribution < 1.29 is 4.79 Å². The van der Waals surface area contributed by atoms with Crippen molar-refractivity contribution in [2.75, 3.05) is 12.4 Å². The van der Waals surface area contributed by atoms with Crippen LogP contribution < -0.4 is 0 Å². The van der Waals surface area contributed by atoms with Crippen molar-refractivity contribution in [1.82, 2.24) is 4.90 Å². The Balaban J connectivity index is 1.95. The summed E-state index contributed by atoms with van der Waals surface area (Å²) in [6.45, 7) is 0.809. The lowest BCUT2D eigenvalue weighted by atomic mass is 9.96. The van der Waals surface area contributed by atoms with Gasteiger partial charge < -0.3 is 4.90 Å². The number of halogens is 1. The molecule has 0 aromatic rings. The number of allylic oxidation sites excluding steroid dienone is 3. The molecule has 0 aromatic carbocycles. The third-order valence-corrected chi connectivity index (χ3v) is 4.30. The maximum absolute atomic E-state index is 12.0. The largest absolute Gasteiger partial charge is 0.315 e. The molecule has 19 heavy (non-hydrogen) atoms. The summed E-state index contributed by atoms with van der Waals surface area (Å²) in [5.74, 6) is 0.155. The van der Waals surface area contributed by atoms with Crippen LogP contribution in [-0.4, -0.2) is 23.2 Å². The van der Waals surface area contributed by atoms with Gasteiger partial charge in [0.15, 0.2) is 0 Å². The molecule has 0 heterocycles. The summed E-state index contributed by atoms with van der Waals surface area (Å²) in [5.41, 5.74) is 2.73. The van der Waals surface area contributed by atoms with Gasteiger partial charge >= 0.3 is 0 Å². The molecule has 0 N–H and O–H groups in total. The molecular formula is C16H24ClNO. The second-order valence-corrected chi connectivity index (χ2v) is 5.75. The molecule has 0 saturated heterocycles. The van der Waals surface area contributed by atoms with Gasteiger partial charge in [0.25, 0.3) is 0 Å². The maximum Gasteiger partial charge on any atom is 0.241 e. The smallest absolute Gasteiger partial charge is 0.241 e. The van der Waals surface area contributed by atoms with Gasteiger partial charge in [-0.3, -0.25) is 4.79 Å². The van der Waals surface area contributed by atoms with Crippen molar-refractivity contribution in [2.45, 2.75) is 57.8 Å². The Hall–Kier alpha value is -0.760. The monoisotopic (exact) mass is 281 g/mol. The molecular weight excluding hydrogens is 258 g/mol. The van der Waals surface area contributed by atoms with Crippen LogP contribution in [0.25, 0.3) is 0 Å². The molecule has 0 saturated carbocycles. The first-order chi connectivity index (χ1) is 9.31. The molecule has 2 nitrogen and oxygen atoms in total. The highest BCUT2D eigenvalue weighted by molar-refractivity contribution is 6.27. The third kappa shape index (κ3) is 4.38. The minimum atomic E-state index is 0.0613. The van der Waals surface area contributed by atoms with E-state index in [1.807, 2.05) is 4.90 Å². The van der Waals surface area contributed by atoms with Crippen LogP contribution in [0.1, 0.15) is 57.8 Å². The van der Waals surface area contributed by atoms with Gasteiger partial charge in [0.2, 0.25) is 5.91 Å². The van der Waals surface area contributed by atoms with Crippen LogP contribution >= 0.6 is 11.6 Å². The van der Waals surface area contributed by atoms with Gasteiger partial charge in [-0.05, 0) is 57.8 Å². The predicted molar refractivity (Wildman–Crippen MR) is 80.2 cm³/mol. The van der Waals surface area contributed by atoms with Gasteiger partial charge in [-0.2, -0.15) is 0 Å². The lowest BCUT2D eigenvalue weighted by molar-refractivity contribution is -0.126. The van der Waals surface area contributed by atoms with Gasteiger partial charge in [0.05, 0.1) is 0 Å². The minimum Gasteiger partial charge on any atom is -0.315 e. The Bertz CT molecular complexity index is 373. The van der Waals surface area contributed by atoms with Crippen LogP contribution in [0, 0.1) is 0 Å².